The van der Waals surface area contributed by atoms with Crippen LogP contribution in [0.5, 0.6) is 0 Å². The summed E-state index contributed by atoms with van der Waals surface area (Å²) in [5.41, 5.74) is 0.167. The third-order valence-electron chi connectivity index (χ3n) is 4.75. The Hall–Kier alpha value is -0.870. The van der Waals surface area contributed by atoms with Gasteiger partial charge in [0.2, 0.25) is 5.78 Å². The molecule has 4 nitrogen and oxygen atoms in total. The normalized spacial score (nSPS) is 16.6. The summed E-state index contributed by atoms with van der Waals surface area (Å²) in [4.78, 5) is 15.7. The van der Waals surface area contributed by atoms with Gasteiger partial charge in [-0.2, -0.15) is 5.10 Å². The zero-order valence-electron chi connectivity index (χ0n) is 13.4. The molecule has 0 spiro atoms. The number of likely N-dealkylation sites (tertiary alicyclic amines) is 1. The van der Waals surface area contributed by atoms with Crippen LogP contribution in [0.25, 0.3) is 0 Å². The van der Waals surface area contributed by atoms with Crippen molar-refractivity contribution >= 4 is 17.4 Å². The number of aromatic nitrogens is 2. The summed E-state index contributed by atoms with van der Waals surface area (Å²) < 4.78 is 1.78. The van der Waals surface area contributed by atoms with Gasteiger partial charge < -0.3 is 0 Å². The third-order valence-corrected chi connectivity index (χ3v) is 5.03. The first kappa shape index (κ1) is 16.5. The van der Waals surface area contributed by atoms with Crippen LogP contribution in [-0.2, 0) is 6.54 Å². The number of aryl methyl sites for hydroxylation is 1. The van der Waals surface area contributed by atoms with Crippen molar-refractivity contribution in [2.45, 2.75) is 65.0 Å². The zero-order valence-corrected chi connectivity index (χ0v) is 14.1. The molecule has 0 aliphatic carbocycles. The number of hydrogen-bond donors (Lipinski definition) is 0. The number of nitrogens with zero attached hydrogens (tertiary/aromatic N) is 3. The molecule has 0 aromatic carbocycles. The van der Waals surface area contributed by atoms with Crippen molar-refractivity contribution in [3.8, 4) is 0 Å². The fourth-order valence-electron chi connectivity index (χ4n) is 3.50. The summed E-state index contributed by atoms with van der Waals surface area (Å²) in [7, 11) is 0. The first-order chi connectivity index (χ1) is 10.1. The van der Waals surface area contributed by atoms with E-state index < -0.39 is 5.54 Å². The van der Waals surface area contributed by atoms with Crippen LogP contribution >= 0.6 is 11.6 Å². The quantitative estimate of drug-likeness (QED) is 0.719. The van der Waals surface area contributed by atoms with Gasteiger partial charge in [0.05, 0.1) is 16.8 Å². The third kappa shape index (κ3) is 2.88. The highest BCUT2D eigenvalue weighted by Crippen LogP contribution is 2.33. The summed E-state index contributed by atoms with van der Waals surface area (Å²) >= 11 is 6.28. The molecule has 118 valence electrons. The van der Waals surface area contributed by atoms with Gasteiger partial charge in [0.15, 0.2) is 0 Å². The van der Waals surface area contributed by atoms with E-state index >= 15 is 0 Å². The van der Waals surface area contributed by atoms with Crippen molar-refractivity contribution in [2.24, 2.45) is 0 Å². The van der Waals surface area contributed by atoms with E-state index in [2.05, 4.69) is 30.8 Å². The first-order valence-corrected chi connectivity index (χ1v) is 8.49. The highest BCUT2D eigenvalue weighted by atomic mass is 35.5. The Morgan fingerprint density at radius 2 is 1.90 bits per heavy atom. The summed E-state index contributed by atoms with van der Waals surface area (Å²) in [6.07, 6.45) is 6.53. The molecule has 0 bridgehead atoms. The van der Waals surface area contributed by atoms with E-state index in [1.807, 2.05) is 0 Å². The largest absolute Gasteiger partial charge is 0.291 e. The molecule has 2 heterocycles. The van der Waals surface area contributed by atoms with Crippen LogP contribution in [0.15, 0.2) is 6.20 Å². The van der Waals surface area contributed by atoms with Gasteiger partial charge in [-0.1, -0.05) is 32.4 Å². The second-order valence-electron chi connectivity index (χ2n) is 5.83. The maximum Gasteiger partial charge on any atom is 0.202 e. The molecule has 1 aromatic heterocycles. The van der Waals surface area contributed by atoms with E-state index in [9.17, 15) is 4.79 Å². The number of carbonyl (C=O) groups is 1. The molecule has 1 aliphatic heterocycles. The van der Waals surface area contributed by atoms with Gasteiger partial charge in [-0.3, -0.25) is 14.4 Å². The SMILES string of the molecule is CCCn1ncc(Cl)c1C(=O)C(CC)(CC)N1CCCC1. The lowest BCUT2D eigenvalue weighted by molar-refractivity contribution is 0.0569. The van der Waals surface area contributed by atoms with Crippen LogP contribution < -0.4 is 0 Å². The lowest BCUT2D eigenvalue weighted by Gasteiger charge is -2.39. The molecule has 0 saturated carbocycles. The minimum Gasteiger partial charge on any atom is -0.291 e. The Kier molecular flexibility index (Phi) is 5.44. The van der Waals surface area contributed by atoms with Gasteiger partial charge in [0.25, 0.3) is 0 Å². The highest BCUT2D eigenvalue weighted by Gasteiger charge is 2.44. The number of rotatable bonds is 7. The van der Waals surface area contributed by atoms with Crippen molar-refractivity contribution in [3.63, 3.8) is 0 Å². The summed E-state index contributed by atoms with van der Waals surface area (Å²) in [6, 6.07) is 0. The van der Waals surface area contributed by atoms with Crippen LogP contribution in [0.1, 0.15) is 63.4 Å². The van der Waals surface area contributed by atoms with Crippen molar-refractivity contribution in [3.05, 3.63) is 16.9 Å². The summed E-state index contributed by atoms with van der Waals surface area (Å²) in [5.74, 6) is 0.144. The minimum absolute atomic E-state index is 0.144. The van der Waals surface area contributed by atoms with Crippen LogP contribution in [-0.4, -0.2) is 39.1 Å². The van der Waals surface area contributed by atoms with Crippen molar-refractivity contribution < 1.29 is 4.79 Å². The molecule has 0 N–H and O–H groups in total. The van der Waals surface area contributed by atoms with Crippen molar-refractivity contribution in [1.29, 1.82) is 0 Å². The smallest absolute Gasteiger partial charge is 0.202 e. The average Bonchev–Trinajstić information content (AvgIpc) is 3.12. The molecule has 1 aromatic rings. The van der Waals surface area contributed by atoms with Crippen LogP contribution in [0.2, 0.25) is 5.02 Å². The lowest BCUT2D eigenvalue weighted by atomic mass is 9.84. The van der Waals surface area contributed by atoms with Gasteiger partial charge in [-0.15, -0.1) is 0 Å². The van der Waals surface area contributed by atoms with E-state index in [4.69, 9.17) is 11.6 Å². The molecule has 0 atom stereocenters. The summed E-state index contributed by atoms with van der Waals surface area (Å²) in [5, 5.41) is 4.77. The maximum atomic E-state index is 13.3. The van der Waals surface area contributed by atoms with E-state index in [0.29, 0.717) is 10.7 Å². The van der Waals surface area contributed by atoms with Crippen LogP contribution in [0.4, 0.5) is 0 Å². The molecular weight excluding hydrogens is 286 g/mol. The second kappa shape index (κ2) is 6.93. The molecule has 1 aliphatic rings. The fourth-order valence-corrected chi connectivity index (χ4v) is 3.72. The summed E-state index contributed by atoms with van der Waals surface area (Å²) in [6.45, 7) is 9.04. The number of halogens is 1. The molecule has 1 saturated heterocycles. The molecule has 0 unspecified atom stereocenters. The molecular formula is C16H26ClN3O. The number of carbonyl (C=O) groups excluding carboxylic acids is 1. The topological polar surface area (TPSA) is 38.1 Å². The number of Topliss-reactive ketones (excluding diaryl/α,β-unsaturated/α-hetero) is 1. The van der Waals surface area contributed by atoms with Gasteiger partial charge in [0, 0.05) is 6.54 Å². The zero-order chi connectivity index (χ0) is 15.5. The van der Waals surface area contributed by atoms with Crippen molar-refractivity contribution in [2.75, 3.05) is 13.1 Å². The van der Waals surface area contributed by atoms with Crippen LogP contribution in [0.3, 0.4) is 0 Å². The van der Waals surface area contributed by atoms with Gasteiger partial charge in [-0.05, 0) is 45.2 Å². The Balaban J connectivity index is 2.41. The lowest BCUT2D eigenvalue weighted by Crippen LogP contribution is -2.53. The first-order valence-electron chi connectivity index (χ1n) is 8.11. The molecule has 5 heteroatoms. The van der Waals surface area contributed by atoms with Gasteiger partial charge in [-0.25, -0.2) is 0 Å². The van der Waals surface area contributed by atoms with E-state index in [-0.39, 0.29) is 5.78 Å². The number of ketones is 1. The van der Waals surface area contributed by atoms with E-state index in [0.717, 1.165) is 38.9 Å². The maximum absolute atomic E-state index is 13.3. The molecule has 2 rings (SSSR count). The minimum atomic E-state index is -0.425. The Morgan fingerprint density at radius 1 is 1.29 bits per heavy atom. The monoisotopic (exact) mass is 311 g/mol. The van der Waals surface area contributed by atoms with E-state index in [1.54, 1.807) is 10.9 Å². The fraction of sp³-hybridized carbons (Fsp3) is 0.750. The van der Waals surface area contributed by atoms with Crippen LogP contribution in [0, 0.1) is 0 Å². The van der Waals surface area contributed by atoms with Gasteiger partial charge >= 0.3 is 0 Å². The predicted molar refractivity (Wildman–Crippen MR) is 86.0 cm³/mol. The molecule has 0 amide bonds. The Labute approximate surface area is 132 Å². The molecule has 21 heavy (non-hydrogen) atoms. The van der Waals surface area contributed by atoms with Crippen molar-refractivity contribution in [1.82, 2.24) is 14.7 Å². The van der Waals surface area contributed by atoms with E-state index in [1.165, 1.54) is 12.8 Å². The highest BCUT2D eigenvalue weighted by molar-refractivity contribution is 6.34. The Morgan fingerprint density at radius 3 is 2.43 bits per heavy atom. The molecule has 0 radical (unpaired) electrons. The predicted octanol–water partition coefficient (Wildman–Crippen LogP) is 3.78. The second-order valence-corrected chi connectivity index (χ2v) is 6.23. The number of hydrogen-bond acceptors (Lipinski definition) is 3. The Bertz CT molecular complexity index is 488. The standard InChI is InChI=1S/C16H26ClN3O/c1-4-9-20-14(13(17)12-18-20)15(21)16(5-2,6-3)19-10-7-8-11-19/h12H,4-11H2,1-3H3. The molecule has 1 fully saturated rings. The van der Waals surface area contributed by atoms with Gasteiger partial charge in [0.1, 0.15) is 5.69 Å². The average molecular weight is 312 g/mol.